The molecule has 0 radical (unpaired) electrons. The van der Waals surface area contributed by atoms with Crippen LogP contribution in [0.3, 0.4) is 0 Å². The number of halogens is 1. The molecule has 128 valence electrons. The zero-order valence-electron chi connectivity index (χ0n) is 14.5. The first-order valence-electron chi connectivity index (χ1n) is 9.51. The lowest BCUT2D eigenvalue weighted by atomic mass is 10.0. The topological polar surface area (TPSA) is 17.8 Å². The van der Waals surface area contributed by atoms with Gasteiger partial charge >= 0.3 is 0 Å². The van der Waals surface area contributed by atoms with Gasteiger partial charge in [-0.15, -0.1) is 0 Å². The molecule has 0 unspecified atom stereocenters. The van der Waals surface area contributed by atoms with Crippen LogP contribution < -0.4 is 0 Å². The Morgan fingerprint density at radius 3 is 1.64 bits per heavy atom. The summed E-state index contributed by atoms with van der Waals surface area (Å²) in [5.74, 6) is 0. The lowest BCUT2D eigenvalue weighted by molar-refractivity contribution is 0.524. The Labute approximate surface area is 142 Å². The number of hydrogen-bond acceptors (Lipinski definition) is 1. The average molecular weight is 327 g/mol. The summed E-state index contributed by atoms with van der Waals surface area (Å²) >= 11 is 5.95. The van der Waals surface area contributed by atoms with Crippen molar-refractivity contribution in [3.63, 3.8) is 0 Å². The van der Waals surface area contributed by atoms with Crippen LogP contribution in [0, 0.1) is 0 Å². The number of rotatable bonds is 15. The van der Waals surface area contributed by atoms with E-state index in [9.17, 15) is 0 Å². The van der Waals surface area contributed by atoms with Gasteiger partial charge in [-0.25, -0.2) is 4.98 Å². The van der Waals surface area contributed by atoms with Gasteiger partial charge in [0.25, 0.3) is 0 Å². The minimum absolute atomic E-state index is 0.620. The molecule has 0 aliphatic rings. The third kappa shape index (κ3) is 10.3. The van der Waals surface area contributed by atoms with E-state index >= 15 is 0 Å². The van der Waals surface area contributed by atoms with Crippen molar-refractivity contribution in [2.45, 2.75) is 103 Å². The maximum atomic E-state index is 5.95. The van der Waals surface area contributed by atoms with Crippen LogP contribution in [0.15, 0.2) is 12.4 Å². The van der Waals surface area contributed by atoms with E-state index in [1.807, 2.05) is 10.8 Å². The van der Waals surface area contributed by atoms with E-state index in [1.165, 1.54) is 89.9 Å². The van der Waals surface area contributed by atoms with Crippen LogP contribution in [0.2, 0.25) is 5.28 Å². The quantitative estimate of drug-likeness (QED) is 0.317. The molecule has 1 rings (SSSR count). The number of hydrogen-bond donors (Lipinski definition) is 0. The first-order chi connectivity index (χ1) is 10.8. The van der Waals surface area contributed by atoms with Gasteiger partial charge in [0.1, 0.15) is 0 Å². The highest BCUT2D eigenvalue weighted by Crippen LogP contribution is 2.13. The van der Waals surface area contributed by atoms with Gasteiger partial charge in [0.2, 0.25) is 5.28 Å². The molecule has 1 aromatic heterocycles. The molecule has 1 heterocycles. The summed E-state index contributed by atoms with van der Waals surface area (Å²) in [6, 6.07) is 0. The fourth-order valence-corrected chi connectivity index (χ4v) is 3.15. The summed E-state index contributed by atoms with van der Waals surface area (Å²) in [7, 11) is 0. The molecule has 0 aromatic carbocycles. The SMILES string of the molecule is CCCCCCCCCCCCCCCCn1ccnc1Cl. The standard InChI is InChI=1S/C19H35ClN2/c1-2-3-4-5-6-7-8-9-10-11-12-13-14-15-17-22-18-16-21-19(22)20/h16,18H,2-15,17H2,1H3. The largest absolute Gasteiger partial charge is 0.322 e. The molecule has 0 atom stereocenters. The van der Waals surface area contributed by atoms with Gasteiger partial charge in [-0.3, -0.25) is 0 Å². The first kappa shape index (κ1) is 19.5. The summed E-state index contributed by atoms with van der Waals surface area (Å²) in [5, 5.41) is 0.620. The van der Waals surface area contributed by atoms with Crippen molar-refractivity contribution in [1.29, 1.82) is 0 Å². The second-order valence-electron chi connectivity index (χ2n) is 6.49. The molecule has 0 aliphatic heterocycles. The Bertz CT molecular complexity index is 349. The maximum Gasteiger partial charge on any atom is 0.202 e. The minimum Gasteiger partial charge on any atom is -0.322 e. The predicted molar refractivity (Wildman–Crippen MR) is 97.5 cm³/mol. The van der Waals surface area contributed by atoms with E-state index in [1.54, 1.807) is 6.20 Å². The molecule has 0 N–H and O–H groups in total. The molecule has 3 heteroatoms. The third-order valence-corrected chi connectivity index (χ3v) is 4.73. The molecule has 0 aliphatic carbocycles. The number of aryl methyl sites for hydroxylation is 1. The van der Waals surface area contributed by atoms with Crippen molar-refractivity contribution in [2.24, 2.45) is 0 Å². The highest BCUT2D eigenvalue weighted by atomic mass is 35.5. The van der Waals surface area contributed by atoms with Crippen molar-refractivity contribution in [1.82, 2.24) is 9.55 Å². The second-order valence-corrected chi connectivity index (χ2v) is 6.82. The number of imidazole rings is 1. The minimum atomic E-state index is 0.620. The Kier molecular flexibility index (Phi) is 12.5. The van der Waals surface area contributed by atoms with Crippen LogP contribution in [0.25, 0.3) is 0 Å². The van der Waals surface area contributed by atoms with Crippen LogP contribution in [0.4, 0.5) is 0 Å². The number of aromatic nitrogens is 2. The summed E-state index contributed by atoms with van der Waals surface area (Å²) in [6.45, 7) is 3.30. The molecular formula is C19H35ClN2. The van der Waals surface area contributed by atoms with Crippen LogP contribution in [-0.4, -0.2) is 9.55 Å². The highest BCUT2D eigenvalue weighted by molar-refractivity contribution is 6.28. The lowest BCUT2D eigenvalue weighted by Crippen LogP contribution is -1.96. The van der Waals surface area contributed by atoms with E-state index in [-0.39, 0.29) is 0 Å². The fourth-order valence-electron chi connectivity index (χ4n) is 2.95. The Morgan fingerprint density at radius 2 is 1.23 bits per heavy atom. The first-order valence-corrected chi connectivity index (χ1v) is 9.89. The Balaban J connectivity index is 1.74. The molecule has 2 nitrogen and oxygen atoms in total. The molecule has 0 fully saturated rings. The Hall–Kier alpha value is -0.500. The van der Waals surface area contributed by atoms with Crippen LogP contribution in [-0.2, 0) is 6.54 Å². The van der Waals surface area contributed by atoms with Gasteiger partial charge in [0, 0.05) is 18.9 Å². The molecule has 0 saturated carbocycles. The lowest BCUT2D eigenvalue weighted by Gasteiger charge is -2.04. The molecule has 0 spiro atoms. The van der Waals surface area contributed by atoms with Crippen molar-refractivity contribution >= 4 is 11.6 Å². The van der Waals surface area contributed by atoms with Crippen LogP contribution >= 0.6 is 11.6 Å². The number of nitrogens with zero attached hydrogens (tertiary/aromatic N) is 2. The van der Waals surface area contributed by atoms with Crippen molar-refractivity contribution < 1.29 is 0 Å². The van der Waals surface area contributed by atoms with Crippen molar-refractivity contribution in [2.75, 3.05) is 0 Å². The van der Waals surface area contributed by atoms with Gasteiger partial charge in [0.05, 0.1) is 0 Å². The molecule has 0 saturated heterocycles. The van der Waals surface area contributed by atoms with Gasteiger partial charge in [-0.2, -0.15) is 0 Å². The van der Waals surface area contributed by atoms with E-state index in [0.29, 0.717) is 5.28 Å². The van der Waals surface area contributed by atoms with Crippen LogP contribution in [0.1, 0.15) is 96.8 Å². The van der Waals surface area contributed by atoms with E-state index < -0.39 is 0 Å². The van der Waals surface area contributed by atoms with Gasteiger partial charge in [-0.1, -0.05) is 90.4 Å². The summed E-state index contributed by atoms with van der Waals surface area (Å²) in [6.07, 6.45) is 23.4. The maximum absolute atomic E-state index is 5.95. The average Bonchev–Trinajstić information content (AvgIpc) is 2.93. The monoisotopic (exact) mass is 326 g/mol. The second kappa shape index (κ2) is 14.1. The molecule has 0 bridgehead atoms. The highest BCUT2D eigenvalue weighted by Gasteiger charge is 1.98. The molecule has 22 heavy (non-hydrogen) atoms. The van der Waals surface area contributed by atoms with E-state index in [4.69, 9.17) is 11.6 Å². The molecule has 0 amide bonds. The van der Waals surface area contributed by atoms with Crippen molar-refractivity contribution in [3.05, 3.63) is 17.7 Å². The van der Waals surface area contributed by atoms with Gasteiger partial charge in [-0.05, 0) is 18.0 Å². The van der Waals surface area contributed by atoms with Crippen molar-refractivity contribution in [3.8, 4) is 0 Å². The van der Waals surface area contributed by atoms with Gasteiger partial charge in [0.15, 0.2) is 0 Å². The number of unbranched alkanes of at least 4 members (excludes halogenated alkanes) is 13. The normalized spacial score (nSPS) is 11.2. The summed E-state index contributed by atoms with van der Waals surface area (Å²) in [4.78, 5) is 4.03. The van der Waals surface area contributed by atoms with Gasteiger partial charge < -0.3 is 4.57 Å². The third-order valence-electron chi connectivity index (χ3n) is 4.42. The fraction of sp³-hybridized carbons (Fsp3) is 0.842. The zero-order valence-corrected chi connectivity index (χ0v) is 15.3. The molecular weight excluding hydrogens is 292 g/mol. The summed E-state index contributed by atoms with van der Waals surface area (Å²) < 4.78 is 2.03. The summed E-state index contributed by atoms with van der Waals surface area (Å²) in [5.41, 5.74) is 0. The van der Waals surface area contributed by atoms with E-state index in [2.05, 4.69) is 11.9 Å². The van der Waals surface area contributed by atoms with Crippen LogP contribution in [0.5, 0.6) is 0 Å². The zero-order chi connectivity index (χ0) is 15.9. The van der Waals surface area contributed by atoms with E-state index in [0.717, 1.165) is 6.54 Å². The predicted octanol–water partition coefficient (Wildman–Crippen LogP) is 7.02. The Morgan fingerprint density at radius 1 is 0.773 bits per heavy atom. The molecule has 1 aromatic rings. The smallest absolute Gasteiger partial charge is 0.202 e.